The highest BCUT2D eigenvalue weighted by Gasteiger charge is 2.20. The first-order valence-corrected chi connectivity index (χ1v) is 12.9. The minimum absolute atomic E-state index is 0.0468. The summed E-state index contributed by atoms with van der Waals surface area (Å²) in [5, 5.41) is 9.75. The van der Waals surface area contributed by atoms with Gasteiger partial charge in [0.15, 0.2) is 0 Å². The molecule has 1 saturated heterocycles. The standard InChI is InChI=1S/C30H49NO2/c1-24(2)12-7-13-25(3)14-8-15-26(4)16-9-17-27(5)18-10-19-28(6)22-30(33)31-21-11-20-29(32)23-31/h12,14,16,18,22,29,32H,7-11,13,15,17,19-21,23H2,1-6H3/b25-14+,26-16+,27-18+,28-22+. The largest absolute Gasteiger partial charge is 0.391 e. The highest BCUT2D eigenvalue weighted by Crippen LogP contribution is 2.16. The first kappa shape index (κ1) is 29.2. The van der Waals surface area contributed by atoms with Gasteiger partial charge in [-0.25, -0.2) is 0 Å². The van der Waals surface area contributed by atoms with Crippen molar-refractivity contribution in [3.63, 3.8) is 0 Å². The third-order valence-corrected chi connectivity index (χ3v) is 6.26. The number of nitrogens with zero attached hydrogens (tertiary/aromatic N) is 1. The van der Waals surface area contributed by atoms with E-state index < -0.39 is 0 Å². The maximum Gasteiger partial charge on any atom is 0.246 e. The van der Waals surface area contributed by atoms with Gasteiger partial charge >= 0.3 is 0 Å². The van der Waals surface area contributed by atoms with Crippen LogP contribution in [0.15, 0.2) is 58.2 Å². The Morgan fingerprint density at radius 2 is 1.21 bits per heavy atom. The third kappa shape index (κ3) is 14.8. The van der Waals surface area contributed by atoms with Crippen LogP contribution in [-0.2, 0) is 4.79 Å². The van der Waals surface area contributed by atoms with Crippen molar-refractivity contribution in [1.29, 1.82) is 0 Å². The van der Waals surface area contributed by atoms with Gasteiger partial charge in [-0.15, -0.1) is 0 Å². The van der Waals surface area contributed by atoms with Crippen LogP contribution in [0.1, 0.15) is 106 Å². The van der Waals surface area contributed by atoms with Gasteiger partial charge in [0, 0.05) is 19.2 Å². The fourth-order valence-electron chi connectivity index (χ4n) is 4.06. The van der Waals surface area contributed by atoms with Gasteiger partial charge in [-0.1, -0.05) is 52.2 Å². The number of piperidine rings is 1. The molecule has 1 atom stereocenters. The molecule has 0 aromatic rings. The van der Waals surface area contributed by atoms with Crippen molar-refractivity contribution in [1.82, 2.24) is 4.90 Å². The summed E-state index contributed by atoms with van der Waals surface area (Å²) in [5.41, 5.74) is 6.92. The number of rotatable bonds is 13. The van der Waals surface area contributed by atoms with E-state index in [0.29, 0.717) is 6.54 Å². The number of amides is 1. The number of carbonyl (C=O) groups is 1. The van der Waals surface area contributed by atoms with Crippen LogP contribution in [0.3, 0.4) is 0 Å². The lowest BCUT2D eigenvalue weighted by atomic mass is 10.0. The second-order valence-corrected chi connectivity index (χ2v) is 10.2. The molecular weight excluding hydrogens is 406 g/mol. The molecule has 0 aromatic carbocycles. The van der Waals surface area contributed by atoms with Gasteiger partial charge in [-0.2, -0.15) is 0 Å². The molecule has 1 fully saturated rings. The van der Waals surface area contributed by atoms with E-state index in [0.717, 1.165) is 69.9 Å². The average molecular weight is 456 g/mol. The van der Waals surface area contributed by atoms with Crippen LogP contribution in [0.25, 0.3) is 0 Å². The molecule has 33 heavy (non-hydrogen) atoms. The fourth-order valence-corrected chi connectivity index (χ4v) is 4.06. The molecule has 1 amide bonds. The normalized spacial score (nSPS) is 18.5. The van der Waals surface area contributed by atoms with Crippen molar-refractivity contribution in [3.05, 3.63) is 58.2 Å². The average Bonchev–Trinajstić information content (AvgIpc) is 2.73. The van der Waals surface area contributed by atoms with Crippen molar-refractivity contribution >= 4 is 5.91 Å². The summed E-state index contributed by atoms with van der Waals surface area (Å²) in [4.78, 5) is 14.1. The summed E-state index contributed by atoms with van der Waals surface area (Å²) in [6.45, 7) is 14.3. The van der Waals surface area contributed by atoms with Crippen LogP contribution >= 0.6 is 0 Å². The summed E-state index contributed by atoms with van der Waals surface area (Å²) in [7, 11) is 0. The maximum absolute atomic E-state index is 12.4. The van der Waals surface area contributed by atoms with Gasteiger partial charge in [-0.3, -0.25) is 4.79 Å². The number of allylic oxidation sites excluding steroid dienone is 9. The Labute approximate surface area is 204 Å². The fraction of sp³-hybridized carbons (Fsp3) is 0.633. The Kier molecular flexibility index (Phi) is 14.8. The predicted octanol–water partition coefficient (Wildman–Crippen LogP) is 7.84. The van der Waals surface area contributed by atoms with Crippen LogP contribution < -0.4 is 0 Å². The number of aliphatic hydroxyl groups is 1. The quantitative estimate of drug-likeness (QED) is 0.227. The van der Waals surface area contributed by atoms with E-state index >= 15 is 0 Å². The third-order valence-electron chi connectivity index (χ3n) is 6.26. The molecule has 1 N–H and O–H groups in total. The Hall–Kier alpha value is -1.87. The van der Waals surface area contributed by atoms with E-state index in [1.54, 1.807) is 11.0 Å². The molecule has 186 valence electrons. The highest BCUT2D eigenvalue weighted by atomic mass is 16.3. The summed E-state index contributed by atoms with van der Waals surface area (Å²) in [6.07, 6.45) is 21.2. The summed E-state index contributed by atoms with van der Waals surface area (Å²) >= 11 is 0. The molecule has 3 nitrogen and oxygen atoms in total. The van der Waals surface area contributed by atoms with Crippen molar-refractivity contribution in [2.24, 2.45) is 0 Å². The van der Waals surface area contributed by atoms with Crippen molar-refractivity contribution in [3.8, 4) is 0 Å². The molecule has 0 radical (unpaired) electrons. The molecule has 0 spiro atoms. The number of hydrogen-bond acceptors (Lipinski definition) is 2. The smallest absolute Gasteiger partial charge is 0.246 e. The van der Waals surface area contributed by atoms with E-state index in [4.69, 9.17) is 0 Å². The zero-order valence-corrected chi connectivity index (χ0v) is 22.3. The van der Waals surface area contributed by atoms with Crippen LogP contribution in [0.5, 0.6) is 0 Å². The summed E-state index contributed by atoms with van der Waals surface area (Å²) < 4.78 is 0. The number of β-amino-alcohol motifs (C(OH)–C–C–N with tert-alkyl or cyclic N) is 1. The number of likely N-dealkylation sites (tertiary alicyclic amines) is 1. The lowest BCUT2D eigenvalue weighted by Gasteiger charge is -2.29. The van der Waals surface area contributed by atoms with Gasteiger partial charge in [0.25, 0.3) is 0 Å². The molecule has 1 rings (SSSR count). The monoisotopic (exact) mass is 455 g/mol. The second kappa shape index (κ2) is 16.7. The number of aliphatic hydroxyl groups excluding tert-OH is 1. The van der Waals surface area contributed by atoms with E-state index in [-0.39, 0.29) is 12.0 Å². The van der Waals surface area contributed by atoms with Gasteiger partial charge in [-0.05, 0) is 106 Å². The summed E-state index contributed by atoms with van der Waals surface area (Å²) in [5.74, 6) is 0.0468. The number of hydrogen-bond donors (Lipinski definition) is 1. The predicted molar refractivity (Wildman–Crippen MR) is 143 cm³/mol. The van der Waals surface area contributed by atoms with Crippen molar-refractivity contribution < 1.29 is 9.90 Å². The molecule has 1 aliphatic heterocycles. The molecule has 0 bridgehead atoms. The van der Waals surface area contributed by atoms with Crippen LogP contribution in [0.4, 0.5) is 0 Å². The number of carbonyl (C=O) groups excluding carboxylic acids is 1. The van der Waals surface area contributed by atoms with Crippen LogP contribution in [0.2, 0.25) is 0 Å². The van der Waals surface area contributed by atoms with Crippen molar-refractivity contribution in [2.75, 3.05) is 13.1 Å². The molecule has 3 heteroatoms. The zero-order valence-electron chi connectivity index (χ0n) is 22.3. The molecule has 1 aliphatic rings. The molecule has 0 aromatic heterocycles. The Bertz CT molecular complexity index is 747. The first-order chi connectivity index (χ1) is 15.7. The molecule has 1 unspecified atom stereocenters. The van der Waals surface area contributed by atoms with Gasteiger partial charge in [0.2, 0.25) is 5.91 Å². The van der Waals surface area contributed by atoms with Crippen LogP contribution in [-0.4, -0.2) is 35.1 Å². The van der Waals surface area contributed by atoms with Crippen LogP contribution in [0, 0.1) is 0 Å². The first-order valence-electron chi connectivity index (χ1n) is 12.9. The van der Waals surface area contributed by atoms with Gasteiger partial charge < -0.3 is 10.0 Å². The Balaban J connectivity index is 2.28. The molecule has 0 saturated carbocycles. The Morgan fingerprint density at radius 3 is 1.67 bits per heavy atom. The maximum atomic E-state index is 12.4. The minimum atomic E-state index is -0.363. The minimum Gasteiger partial charge on any atom is -0.391 e. The Morgan fingerprint density at radius 1 is 0.758 bits per heavy atom. The molecule has 1 heterocycles. The van der Waals surface area contributed by atoms with E-state index in [2.05, 4.69) is 58.9 Å². The highest BCUT2D eigenvalue weighted by molar-refractivity contribution is 5.88. The lowest BCUT2D eigenvalue weighted by Crippen LogP contribution is -2.41. The van der Waals surface area contributed by atoms with E-state index in [1.165, 1.54) is 28.7 Å². The topological polar surface area (TPSA) is 40.5 Å². The van der Waals surface area contributed by atoms with Crippen molar-refractivity contribution in [2.45, 2.75) is 112 Å². The van der Waals surface area contributed by atoms with E-state index in [1.807, 2.05) is 6.92 Å². The summed E-state index contributed by atoms with van der Waals surface area (Å²) in [6, 6.07) is 0. The molecule has 0 aliphatic carbocycles. The van der Waals surface area contributed by atoms with Gasteiger partial charge in [0.1, 0.15) is 0 Å². The zero-order chi connectivity index (χ0) is 24.6. The second-order valence-electron chi connectivity index (χ2n) is 10.2. The SMILES string of the molecule is CC(C)=CCC/C(C)=C/CC/C(C)=C/CC/C(C)=C/CC/C(C)=C/C(=O)N1CCCC(O)C1. The lowest BCUT2D eigenvalue weighted by molar-refractivity contribution is -0.129. The van der Waals surface area contributed by atoms with E-state index in [9.17, 15) is 9.90 Å². The molecular formula is C30H49NO2. The van der Waals surface area contributed by atoms with Gasteiger partial charge in [0.05, 0.1) is 6.10 Å².